The third kappa shape index (κ3) is 1.99. The van der Waals surface area contributed by atoms with Gasteiger partial charge in [-0.25, -0.2) is 0 Å². The first-order chi connectivity index (χ1) is 11.3. The monoisotopic (exact) mass is 334 g/mol. The first-order valence-corrected chi connectivity index (χ1v) is 8.62. The summed E-state index contributed by atoms with van der Waals surface area (Å²) < 4.78 is 24.0. The number of allylic oxidation sites excluding steroid dienone is 1. The van der Waals surface area contributed by atoms with Gasteiger partial charge in [-0.05, 0) is 12.5 Å². The highest BCUT2D eigenvalue weighted by Crippen LogP contribution is 2.63. The molecule has 2 aliphatic carbocycles. The van der Waals surface area contributed by atoms with Gasteiger partial charge in [-0.1, -0.05) is 39.0 Å². The van der Waals surface area contributed by atoms with Gasteiger partial charge < -0.3 is 18.9 Å². The van der Waals surface area contributed by atoms with Crippen LogP contribution in [-0.2, 0) is 23.7 Å². The molecule has 5 heteroatoms. The SMILES string of the molecule is CO[C@]12OC[C@]3(C)C=CC[C@](C4OCC(C)(C)CO4)(C=CC1=O)[C@H]23. The zero-order valence-electron chi connectivity index (χ0n) is 14.8. The Morgan fingerprint density at radius 1 is 1.12 bits per heavy atom. The highest BCUT2D eigenvalue weighted by atomic mass is 16.7. The summed E-state index contributed by atoms with van der Waals surface area (Å²) in [5.74, 6) is -1.54. The fourth-order valence-electron chi connectivity index (χ4n) is 4.94. The van der Waals surface area contributed by atoms with Crippen molar-refractivity contribution in [3.05, 3.63) is 24.3 Å². The van der Waals surface area contributed by atoms with Crippen molar-refractivity contribution in [2.24, 2.45) is 22.2 Å². The molecule has 0 N–H and O–H groups in total. The van der Waals surface area contributed by atoms with E-state index in [0.717, 1.165) is 6.42 Å². The molecule has 5 nitrogen and oxygen atoms in total. The van der Waals surface area contributed by atoms with Crippen molar-refractivity contribution in [1.82, 2.24) is 0 Å². The Morgan fingerprint density at radius 3 is 2.50 bits per heavy atom. The summed E-state index contributed by atoms with van der Waals surface area (Å²) in [5.41, 5.74) is -0.742. The van der Waals surface area contributed by atoms with Crippen LogP contribution in [0.5, 0.6) is 0 Å². The van der Waals surface area contributed by atoms with Crippen LogP contribution < -0.4 is 0 Å². The molecule has 0 saturated carbocycles. The number of hydrogen-bond acceptors (Lipinski definition) is 5. The fourth-order valence-corrected chi connectivity index (χ4v) is 4.94. The van der Waals surface area contributed by atoms with E-state index >= 15 is 0 Å². The molecule has 4 atom stereocenters. The van der Waals surface area contributed by atoms with E-state index in [0.29, 0.717) is 19.8 Å². The van der Waals surface area contributed by atoms with Gasteiger partial charge in [0.1, 0.15) is 0 Å². The summed E-state index contributed by atoms with van der Waals surface area (Å²) in [6.07, 6.45) is 8.25. The van der Waals surface area contributed by atoms with Gasteiger partial charge in [0.15, 0.2) is 6.29 Å². The summed E-state index contributed by atoms with van der Waals surface area (Å²) in [4.78, 5) is 12.7. The zero-order valence-corrected chi connectivity index (χ0v) is 14.8. The van der Waals surface area contributed by atoms with Crippen molar-refractivity contribution in [2.75, 3.05) is 26.9 Å². The van der Waals surface area contributed by atoms with Gasteiger partial charge in [0, 0.05) is 23.9 Å². The van der Waals surface area contributed by atoms with E-state index in [1.165, 1.54) is 0 Å². The maximum atomic E-state index is 12.7. The van der Waals surface area contributed by atoms with Crippen LogP contribution in [0.3, 0.4) is 0 Å². The van der Waals surface area contributed by atoms with Gasteiger partial charge >= 0.3 is 0 Å². The molecule has 24 heavy (non-hydrogen) atoms. The predicted molar refractivity (Wildman–Crippen MR) is 87.1 cm³/mol. The molecule has 2 heterocycles. The van der Waals surface area contributed by atoms with Gasteiger partial charge in [-0.3, -0.25) is 4.79 Å². The van der Waals surface area contributed by atoms with E-state index in [4.69, 9.17) is 18.9 Å². The molecule has 2 fully saturated rings. The molecule has 0 aromatic rings. The van der Waals surface area contributed by atoms with Crippen molar-refractivity contribution >= 4 is 5.78 Å². The lowest BCUT2D eigenvalue weighted by atomic mass is 9.53. The van der Waals surface area contributed by atoms with Crippen molar-refractivity contribution in [3.8, 4) is 0 Å². The summed E-state index contributed by atoms with van der Waals surface area (Å²) >= 11 is 0. The van der Waals surface area contributed by atoms with Gasteiger partial charge in [0.2, 0.25) is 11.6 Å². The van der Waals surface area contributed by atoms with E-state index in [9.17, 15) is 4.79 Å². The van der Waals surface area contributed by atoms with Gasteiger partial charge in [0.05, 0.1) is 25.2 Å². The molecule has 4 rings (SSSR count). The molecule has 0 aromatic carbocycles. The summed E-state index contributed by atoms with van der Waals surface area (Å²) in [6, 6.07) is 0. The third-order valence-electron chi connectivity index (χ3n) is 6.03. The second-order valence-electron chi connectivity index (χ2n) is 8.63. The Morgan fingerprint density at radius 2 is 1.83 bits per heavy atom. The second kappa shape index (κ2) is 5.01. The van der Waals surface area contributed by atoms with Crippen LogP contribution >= 0.6 is 0 Å². The quantitative estimate of drug-likeness (QED) is 0.726. The molecule has 0 spiro atoms. The Hall–Kier alpha value is -1.01. The maximum absolute atomic E-state index is 12.7. The Bertz CT molecular complexity index is 613. The first-order valence-electron chi connectivity index (χ1n) is 8.62. The first kappa shape index (κ1) is 16.5. The minimum Gasteiger partial charge on any atom is -0.351 e. The summed E-state index contributed by atoms with van der Waals surface area (Å²) in [5, 5.41) is 0. The van der Waals surface area contributed by atoms with Crippen molar-refractivity contribution in [3.63, 3.8) is 0 Å². The predicted octanol–water partition coefficient (Wildman–Crippen LogP) is 2.47. The van der Waals surface area contributed by atoms with Crippen LogP contribution in [0.15, 0.2) is 24.3 Å². The number of ether oxygens (including phenoxy) is 4. The number of carbonyl (C=O) groups excluding carboxylic acids is 1. The topological polar surface area (TPSA) is 54.0 Å². The van der Waals surface area contributed by atoms with Crippen molar-refractivity contribution in [1.29, 1.82) is 0 Å². The molecule has 0 unspecified atom stereocenters. The Labute approximate surface area is 143 Å². The summed E-state index contributed by atoms with van der Waals surface area (Å²) in [7, 11) is 1.55. The van der Waals surface area contributed by atoms with E-state index in [2.05, 4.69) is 32.9 Å². The summed E-state index contributed by atoms with van der Waals surface area (Å²) in [6.45, 7) is 8.11. The maximum Gasteiger partial charge on any atom is 0.237 e. The molecular formula is C19H26O5. The van der Waals surface area contributed by atoms with E-state index in [1.807, 2.05) is 6.08 Å². The second-order valence-corrected chi connectivity index (χ2v) is 8.63. The molecule has 0 bridgehead atoms. The molecule has 2 saturated heterocycles. The lowest BCUT2D eigenvalue weighted by molar-refractivity contribution is -0.297. The molecule has 0 amide bonds. The number of ketones is 1. The van der Waals surface area contributed by atoms with Crippen molar-refractivity contribution < 1.29 is 23.7 Å². The average Bonchev–Trinajstić information content (AvgIpc) is 2.87. The zero-order chi connectivity index (χ0) is 17.2. The lowest BCUT2D eigenvalue weighted by Gasteiger charge is -2.55. The number of rotatable bonds is 2. The van der Waals surface area contributed by atoms with Gasteiger partial charge in [-0.15, -0.1) is 0 Å². The largest absolute Gasteiger partial charge is 0.351 e. The van der Waals surface area contributed by atoms with E-state index in [1.54, 1.807) is 13.2 Å². The standard InChI is InChI=1S/C19H26O5/c1-16(2)10-22-15(23-11-16)18-8-5-7-17(3)12-24-19(21-4,14(17)18)13(20)6-9-18/h5-7,9,14-15H,8,10-12H2,1-4H3/t14-,17+,18+,19+/m1/s1. The van der Waals surface area contributed by atoms with Crippen LogP contribution in [0.4, 0.5) is 0 Å². The molecule has 132 valence electrons. The van der Waals surface area contributed by atoms with Crippen LogP contribution in [-0.4, -0.2) is 44.8 Å². The van der Waals surface area contributed by atoms with E-state index in [-0.39, 0.29) is 22.5 Å². The minimum absolute atomic E-state index is 0.000327. The lowest BCUT2D eigenvalue weighted by Crippen LogP contribution is -2.63. The molecule has 2 aliphatic heterocycles. The minimum atomic E-state index is -1.24. The number of hydrogen-bond donors (Lipinski definition) is 0. The molecule has 0 radical (unpaired) electrons. The van der Waals surface area contributed by atoms with Crippen LogP contribution in [0.25, 0.3) is 0 Å². The normalized spacial score (nSPS) is 47.0. The number of carbonyl (C=O) groups is 1. The third-order valence-corrected chi connectivity index (χ3v) is 6.03. The highest BCUT2D eigenvalue weighted by molar-refractivity contribution is 5.98. The van der Waals surface area contributed by atoms with Crippen LogP contribution in [0, 0.1) is 22.2 Å². The smallest absolute Gasteiger partial charge is 0.237 e. The highest BCUT2D eigenvalue weighted by Gasteiger charge is 2.71. The van der Waals surface area contributed by atoms with Crippen LogP contribution in [0.1, 0.15) is 27.2 Å². The van der Waals surface area contributed by atoms with Gasteiger partial charge in [0.25, 0.3) is 0 Å². The Kier molecular flexibility index (Phi) is 3.43. The van der Waals surface area contributed by atoms with Crippen molar-refractivity contribution in [2.45, 2.75) is 39.3 Å². The Balaban J connectivity index is 1.80. The molecular weight excluding hydrogens is 308 g/mol. The average molecular weight is 334 g/mol. The number of methoxy groups -OCH3 is 1. The fraction of sp³-hybridized carbons (Fsp3) is 0.737. The van der Waals surface area contributed by atoms with Gasteiger partial charge in [-0.2, -0.15) is 0 Å². The van der Waals surface area contributed by atoms with Crippen LogP contribution in [0.2, 0.25) is 0 Å². The molecule has 4 aliphatic rings. The van der Waals surface area contributed by atoms with E-state index < -0.39 is 17.5 Å². The molecule has 0 aromatic heterocycles.